The summed E-state index contributed by atoms with van der Waals surface area (Å²) in [5, 5.41) is 14.1. The van der Waals surface area contributed by atoms with Crippen LogP contribution in [0.25, 0.3) is 10.9 Å². The van der Waals surface area contributed by atoms with Crippen molar-refractivity contribution in [1.29, 1.82) is 0 Å². The van der Waals surface area contributed by atoms with Crippen molar-refractivity contribution in [3.8, 4) is 0 Å². The summed E-state index contributed by atoms with van der Waals surface area (Å²) in [6.07, 6.45) is 0. The molecule has 12 heteroatoms. The number of rotatable bonds is 6. The number of hydrogen-bond donors (Lipinski definition) is 1. The first-order valence-electron chi connectivity index (χ1n) is 9.04. The standard InChI is InChI=1S/C20H13ClN4O5S2/c1-10-9-31-20(22-10)32-16-5-2-11(6-15(16)25(28)29)19(27)30-8-17-23-14-7-12(21)3-4-13(14)18(26)24-17/h2-7,9H,8H2,1H3,(H,23,24,26). The average molecular weight is 489 g/mol. The number of benzene rings is 2. The number of aryl methyl sites for hydroxylation is 1. The Labute approximate surface area is 193 Å². The third-order valence-electron chi connectivity index (χ3n) is 4.24. The third-order valence-corrected chi connectivity index (χ3v) is 6.60. The van der Waals surface area contributed by atoms with Gasteiger partial charge in [0.05, 0.1) is 26.3 Å². The summed E-state index contributed by atoms with van der Waals surface area (Å²) < 4.78 is 5.86. The topological polar surface area (TPSA) is 128 Å². The molecule has 2 aromatic heterocycles. The van der Waals surface area contributed by atoms with Crippen molar-refractivity contribution >= 4 is 57.3 Å². The van der Waals surface area contributed by atoms with E-state index in [0.717, 1.165) is 23.5 Å². The predicted molar refractivity (Wildman–Crippen MR) is 121 cm³/mol. The first-order chi connectivity index (χ1) is 15.3. The smallest absolute Gasteiger partial charge is 0.338 e. The van der Waals surface area contributed by atoms with E-state index in [-0.39, 0.29) is 23.7 Å². The van der Waals surface area contributed by atoms with Crippen molar-refractivity contribution in [2.75, 3.05) is 0 Å². The molecule has 0 unspecified atom stereocenters. The largest absolute Gasteiger partial charge is 0.454 e. The zero-order valence-electron chi connectivity index (χ0n) is 16.3. The van der Waals surface area contributed by atoms with Crippen LogP contribution in [0.4, 0.5) is 5.69 Å². The third kappa shape index (κ3) is 4.79. The molecule has 162 valence electrons. The molecule has 0 fully saturated rings. The lowest BCUT2D eigenvalue weighted by atomic mass is 10.2. The van der Waals surface area contributed by atoms with Gasteiger partial charge in [0.1, 0.15) is 12.4 Å². The van der Waals surface area contributed by atoms with E-state index < -0.39 is 16.5 Å². The lowest BCUT2D eigenvalue weighted by Gasteiger charge is -2.07. The molecule has 0 aliphatic carbocycles. The molecule has 2 heterocycles. The fraction of sp³-hybridized carbons (Fsp3) is 0.100. The van der Waals surface area contributed by atoms with Gasteiger partial charge < -0.3 is 9.72 Å². The number of nitro groups is 1. The van der Waals surface area contributed by atoms with Gasteiger partial charge in [-0.3, -0.25) is 14.9 Å². The van der Waals surface area contributed by atoms with Crippen LogP contribution in [0.15, 0.2) is 55.8 Å². The SMILES string of the molecule is Cc1csc(Sc2ccc(C(=O)OCc3nc4cc(Cl)ccc4c(=O)[nH]3)cc2[N+](=O)[O-])n1. The fourth-order valence-electron chi connectivity index (χ4n) is 2.79. The molecule has 0 aliphatic heterocycles. The van der Waals surface area contributed by atoms with Gasteiger partial charge in [-0.05, 0) is 37.3 Å². The van der Waals surface area contributed by atoms with Crippen LogP contribution in [-0.2, 0) is 11.3 Å². The monoisotopic (exact) mass is 488 g/mol. The van der Waals surface area contributed by atoms with E-state index >= 15 is 0 Å². The van der Waals surface area contributed by atoms with E-state index in [4.69, 9.17) is 16.3 Å². The van der Waals surface area contributed by atoms with E-state index in [2.05, 4.69) is 15.0 Å². The second kappa shape index (κ2) is 9.07. The van der Waals surface area contributed by atoms with Crippen LogP contribution in [0.3, 0.4) is 0 Å². The summed E-state index contributed by atoms with van der Waals surface area (Å²) >= 11 is 8.47. The molecule has 0 bridgehead atoms. The average Bonchev–Trinajstić information content (AvgIpc) is 3.16. The second-order valence-electron chi connectivity index (χ2n) is 6.55. The molecular formula is C20H13ClN4O5S2. The maximum Gasteiger partial charge on any atom is 0.338 e. The lowest BCUT2D eigenvalue weighted by molar-refractivity contribution is -0.387. The lowest BCUT2D eigenvalue weighted by Crippen LogP contribution is -2.14. The number of ether oxygens (including phenoxy) is 1. The van der Waals surface area contributed by atoms with E-state index in [1.165, 1.54) is 29.5 Å². The van der Waals surface area contributed by atoms with Crippen molar-refractivity contribution < 1.29 is 14.5 Å². The number of hydrogen-bond acceptors (Lipinski definition) is 9. The normalized spacial score (nSPS) is 10.9. The Morgan fingerprint density at radius 1 is 1.28 bits per heavy atom. The highest BCUT2D eigenvalue weighted by atomic mass is 35.5. The van der Waals surface area contributed by atoms with Gasteiger partial charge in [0.2, 0.25) is 0 Å². The molecule has 4 aromatic rings. The van der Waals surface area contributed by atoms with Gasteiger partial charge in [-0.15, -0.1) is 11.3 Å². The fourth-order valence-corrected chi connectivity index (χ4v) is 4.84. The van der Waals surface area contributed by atoms with Gasteiger partial charge in [0, 0.05) is 22.2 Å². The number of nitro benzene ring substituents is 1. The van der Waals surface area contributed by atoms with Crippen LogP contribution in [0.2, 0.25) is 5.02 Å². The summed E-state index contributed by atoms with van der Waals surface area (Å²) in [4.78, 5) is 47.0. The van der Waals surface area contributed by atoms with Crippen molar-refractivity contribution in [2.45, 2.75) is 22.8 Å². The summed E-state index contributed by atoms with van der Waals surface area (Å²) in [5.41, 5.74) is 0.559. The molecule has 0 aliphatic rings. The Balaban J connectivity index is 1.53. The minimum atomic E-state index is -0.788. The molecule has 0 atom stereocenters. The number of thiazole rings is 1. The van der Waals surface area contributed by atoms with Crippen LogP contribution < -0.4 is 5.56 Å². The van der Waals surface area contributed by atoms with E-state index in [1.54, 1.807) is 12.1 Å². The number of aromatic nitrogens is 3. The summed E-state index contributed by atoms with van der Waals surface area (Å²) in [5.74, 6) is -0.664. The Morgan fingerprint density at radius 3 is 2.81 bits per heavy atom. The molecule has 1 N–H and O–H groups in total. The van der Waals surface area contributed by atoms with Crippen LogP contribution in [0.5, 0.6) is 0 Å². The summed E-state index contributed by atoms with van der Waals surface area (Å²) in [6, 6.07) is 8.72. The van der Waals surface area contributed by atoms with Gasteiger partial charge in [0.25, 0.3) is 11.2 Å². The maximum atomic E-state index is 12.5. The molecule has 0 spiro atoms. The van der Waals surface area contributed by atoms with Gasteiger partial charge in [-0.1, -0.05) is 23.4 Å². The van der Waals surface area contributed by atoms with E-state index in [9.17, 15) is 19.7 Å². The van der Waals surface area contributed by atoms with Crippen LogP contribution >= 0.6 is 34.7 Å². The Morgan fingerprint density at radius 2 is 2.09 bits per heavy atom. The highest BCUT2D eigenvalue weighted by molar-refractivity contribution is 8.01. The van der Waals surface area contributed by atoms with Gasteiger partial charge in [-0.2, -0.15) is 0 Å². The Hall–Kier alpha value is -3.28. The summed E-state index contributed by atoms with van der Waals surface area (Å²) in [7, 11) is 0. The highest BCUT2D eigenvalue weighted by Crippen LogP contribution is 2.36. The molecule has 0 radical (unpaired) electrons. The van der Waals surface area contributed by atoms with Gasteiger partial charge >= 0.3 is 5.97 Å². The Bertz CT molecular complexity index is 1420. The molecular weight excluding hydrogens is 476 g/mol. The number of carbonyl (C=O) groups is 1. The summed E-state index contributed by atoms with van der Waals surface area (Å²) in [6.45, 7) is 1.51. The number of carbonyl (C=O) groups excluding carboxylic acids is 1. The molecule has 2 aromatic carbocycles. The van der Waals surface area contributed by atoms with Crippen molar-refractivity contribution in [3.63, 3.8) is 0 Å². The molecule has 0 saturated carbocycles. The first-order valence-corrected chi connectivity index (χ1v) is 11.1. The molecule has 32 heavy (non-hydrogen) atoms. The molecule has 4 rings (SSSR count). The number of fused-ring (bicyclic) bond motifs is 1. The van der Waals surface area contributed by atoms with Crippen molar-refractivity contribution in [1.82, 2.24) is 15.0 Å². The highest BCUT2D eigenvalue weighted by Gasteiger charge is 2.20. The van der Waals surface area contributed by atoms with Crippen molar-refractivity contribution in [2.24, 2.45) is 0 Å². The van der Waals surface area contributed by atoms with Crippen LogP contribution in [-0.4, -0.2) is 25.8 Å². The van der Waals surface area contributed by atoms with E-state index in [0.29, 0.717) is 25.2 Å². The minimum Gasteiger partial charge on any atom is -0.454 e. The quantitative estimate of drug-likeness (QED) is 0.234. The maximum absolute atomic E-state index is 12.5. The zero-order chi connectivity index (χ0) is 22.8. The minimum absolute atomic E-state index is 0.00236. The number of nitrogens with zero attached hydrogens (tertiary/aromatic N) is 3. The van der Waals surface area contributed by atoms with Crippen LogP contribution in [0, 0.1) is 17.0 Å². The van der Waals surface area contributed by atoms with Gasteiger partial charge in [-0.25, -0.2) is 14.8 Å². The number of H-pyrrole nitrogens is 1. The number of aromatic amines is 1. The zero-order valence-corrected chi connectivity index (χ0v) is 18.7. The molecule has 9 nitrogen and oxygen atoms in total. The second-order valence-corrected chi connectivity index (χ2v) is 9.13. The van der Waals surface area contributed by atoms with Gasteiger partial charge in [0.15, 0.2) is 4.34 Å². The van der Waals surface area contributed by atoms with Crippen molar-refractivity contribution in [3.05, 3.63) is 84.4 Å². The van der Waals surface area contributed by atoms with E-state index in [1.807, 2.05) is 12.3 Å². The number of halogens is 1. The Kier molecular flexibility index (Phi) is 6.21. The molecule has 0 amide bonds. The number of esters is 1. The number of nitrogens with one attached hydrogen (secondary N) is 1. The first kappa shape index (κ1) is 21.9. The van der Waals surface area contributed by atoms with Crippen LogP contribution in [0.1, 0.15) is 21.9 Å². The predicted octanol–water partition coefficient (Wildman–Crippen LogP) is 4.76. The molecule has 0 saturated heterocycles.